The second-order valence-corrected chi connectivity index (χ2v) is 5.46. The second-order valence-electron chi connectivity index (χ2n) is 4.54. The molecule has 1 saturated heterocycles. The number of rotatable bonds is 2. The number of phenolic OH excluding ortho intramolecular Hbond substituents is 1. The van der Waals surface area contributed by atoms with Crippen LogP contribution in [0.3, 0.4) is 0 Å². The molecule has 0 radical (unpaired) electrons. The Morgan fingerprint density at radius 2 is 2.26 bits per heavy atom. The highest BCUT2D eigenvalue weighted by molar-refractivity contribution is 9.10. The summed E-state index contributed by atoms with van der Waals surface area (Å²) in [6, 6.07) is 5.27. The Hall–Kier alpha value is -0.780. The summed E-state index contributed by atoms with van der Waals surface area (Å²) in [6.45, 7) is 1.45. The van der Waals surface area contributed by atoms with Crippen LogP contribution in [0.5, 0.6) is 5.75 Å². The molecule has 1 atom stereocenters. The van der Waals surface area contributed by atoms with Crippen LogP contribution < -0.4 is 5.32 Å². The highest BCUT2D eigenvalue weighted by Crippen LogP contribution is 2.24. The minimum Gasteiger partial charge on any atom is -0.507 e. The maximum atomic E-state index is 12.4. The fourth-order valence-electron chi connectivity index (χ4n) is 2.25. The number of likely N-dealkylation sites (tertiary alicyclic amines) is 1. The predicted molar refractivity (Wildman–Crippen MR) is 81.0 cm³/mol. The summed E-state index contributed by atoms with van der Waals surface area (Å²) in [5, 5.41) is 13.0. The minimum absolute atomic E-state index is 0. The van der Waals surface area contributed by atoms with Crippen molar-refractivity contribution in [1.82, 2.24) is 10.2 Å². The lowest BCUT2D eigenvalue weighted by Crippen LogP contribution is -2.46. The first-order valence-corrected chi connectivity index (χ1v) is 6.86. The largest absolute Gasteiger partial charge is 0.507 e. The summed E-state index contributed by atoms with van der Waals surface area (Å²) in [5.41, 5.74) is 0.362. The van der Waals surface area contributed by atoms with Gasteiger partial charge in [-0.15, -0.1) is 12.4 Å². The van der Waals surface area contributed by atoms with E-state index in [2.05, 4.69) is 21.2 Å². The first-order valence-electron chi connectivity index (χ1n) is 6.07. The lowest BCUT2D eigenvalue weighted by Gasteiger charge is -2.32. The van der Waals surface area contributed by atoms with Crippen molar-refractivity contribution in [3.8, 4) is 5.75 Å². The Labute approximate surface area is 127 Å². The van der Waals surface area contributed by atoms with Crippen LogP contribution in [0.2, 0.25) is 0 Å². The van der Waals surface area contributed by atoms with Crippen molar-refractivity contribution in [2.45, 2.75) is 18.9 Å². The third-order valence-corrected chi connectivity index (χ3v) is 3.80. The van der Waals surface area contributed by atoms with E-state index in [0.717, 1.165) is 23.9 Å². The van der Waals surface area contributed by atoms with E-state index in [1.54, 1.807) is 17.0 Å². The zero-order valence-electron chi connectivity index (χ0n) is 10.7. The maximum absolute atomic E-state index is 12.4. The van der Waals surface area contributed by atoms with Gasteiger partial charge in [0.2, 0.25) is 0 Å². The van der Waals surface area contributed by atoms with E-state index in [1.807, 2.05) is 7.05 Å². The molecule has 1 heterocycles. The van der Waals surface area contributed by atoms with Crippen molar-refractivity contribution in [2.24, 2.45) is 0 Å². The van der Waals surface area contributed by atoms with Crippen LogP contribution in [0.1, 0.15) is 23.2 Å². The van der Waals surface area contributed by atoms with Gasteiger partial charge in [0.15, 0.2) is 0 Å². The summed E-state index contributed by atoms with van der Waals surface area (Å²) >= 11 is 3.32. The molecule has 1 aliphatic heterocycles. The van der Waals surface area contributed by atoms with Gasteiger partial charge in [0, 0.05) is 23.6 Å². The minimum atomic E-state index is -0.103. The number of nitrogens with one attached hydrogen (secondary N) is 1. The van der Waals surface area contributed by atoms with Crippen LogP contribution in [-0.4, -0.2) is 42.1 Å². The van der Waals surface area contributed by atoms with E-state index in [1.165, 1.54) is 6.07 Å². The van der Waals surface area contributed by atoms with Gasteiger partial charge in [0.1, 0.15) is 5.75 Å². The molecule has 6 heteroatoms. The Morgan fingerprint density at radius 1 is 1.53 bits per heavy atom. The van der Waals surface area contributed by atoms with Gasteiger partial charge in [-0.25, -0.2) is 0 Å². The molecule has 4 nitrogen and oxygen atoms in total. The van der Waals surface area contributed by atoms with Crippen LogP contribution in [-0.2, 0) is 0 Å². The fraction of sp³-hybridized carbons (Fsp3) is 0.462. The Bertz CT molecular complexity index is 456. The number of hydrogen-bond acceptors (Lipinski definition) is 3. The summed E-state index contributed by atoms with van der Waals surface area (Å²) in [4.78, 5) is 14.1. The van der Waals surface area contributed by atoms with Crippen LogP contribution in [0.4, 0.5) is 0 Å². The summed E-state index contributed by atoms with van der Waals surface area (Å²) in [6.07, 6.45) is 2.08. The molecule has 0 aliphatic carbocycles. The van der Waals surface area contributed by atoms with Gasteiger partial charge in [-0.2, -0.15) is 0 Å². The molecule has 0 saturated carbocycles. The van der Waals surface area contributed by atoms with Crippen LogP contribution in [0, 0.1) is 0 Å². The van der Waals surface area contributed by atoms with E-state index in [0.29, 0.717) is 18.2 Å². The van der Waals surface area contributed by atoms with E-state index in [4.69, 9.17) is 0 Å². The molecule has 0 bridgehead atoms. The maximum Gasteiger partial charge on any atom is 0.257 e. The van der Waals surface area contributed by atoms with Crippen molar-refractivity contribution in [1.29, 1.82) is 0 Å². The summed E-state index contributed by atoms with van der Waals surface area (Å²) < 4.78 is 0.797. The van der Waals surface area contributed by atoms with Crippen molar-refractivity contribution >= 4 is 34.2 Å². The van der Waals surface area contributed by atoms with Gasteiger partial charge >= 0.3 is 0 Å². The van der Waals surface area contributed by atoms with E-state index in [9.17, 15) is 9.90 Å². The molecule has 1 aromatic rings. The van der Waals surface area contributed by atoms with Crippen LogP contribution >= 0.6 is 28.3 Å². The number of carbonyl (C=O) groups is 1. The number of likely N-dealkylation sites (N-methyl/N-ethyl adjacent to an activating group) is 1. The number of nitrogens with zero attached hydrogens (tertiary/aromatic N) is 1. The standard InChI is InChI=1S/C13H17BrN2O2.ClH/c1-15-10-3-2-6-16(8-10)13(18)11-7-9(14)4-5-12(11)17;/h4-5,7,10,15,17H,2-3,6,8H2,1H3;1H. The zero-order valence-corrected chi connectivity index (χ0v) is 13.1. The quantitative estimate of drug-likeness (QED) is 0.862. The van der Waals surface area contributed by atoms with Gasteiger partial charge in [0.05, 0.1) is 5.56 Å². The Balaban J connectivity index is 0.00000180. The van der Waals surface area contributed by atoms with Gasteiger partial charge in [-0.3, -0.25) is 4.79 Å². The molecular weight excluding hydrogens is 332 g/mol. The highest BCUT2D eigenvalue weighted by atomic mass is 79.9. The number of halogens is 2. The lowest BCUT2D eigenvalue weighted by molar-refractivity contribution is 0.0695. The summed E-state index contributed by atoms with van der Waals surface area (Å²) in [5.74, 6) is -0.0662. The molecule has 1 aromatic carbocycles. The van der Waals surface area contributed by atoms with Gasteiger partial charge in [-0.05, 0) is 38.1 Å². The Kier molecular flexibility index (Phi) is 6.10. The third-order valence-electron chi connectivity index (χ3n) is 3.31. The van der Waals surface area contributed by atoms with Gasteiger partial charge in [0.25, 0.3) is 5.91 Å². The molecule has 106 valence electrons. The number of piperidine rings is 1. The molecule has 1 aliphatic rings. The monoisotopic (exact) mass is 348 g/mol. The molecule has 0 aromatic heterocycles. The Morgan fingerprint density at radius 3 is 2.95 bits per heavy atom. The van der Waals surface area contributed by atoms with Crippen molar-refractivity contribution in [3.05, 3.63) is 28.2 Å². The average Bonchev–Trinajstić information content (AvgIpc) is 2.41. The number of carbonyl (C=O) groups excluding carboxylic acids is 1. The molecule has 2 rings (SSSR count). The molecule has 0 spiro atoms. The number of amides is 1. The second kappa shape index (κ2) is 7.12. The molecule has 1 amide bonds. The van der Waals surface area contributed by atoms with Gasteiger partial charge < -0.3 is 15.3 Å². The first-order chi connectivity index (χ1) is 8.61. The predicted octanol–water partition coefficient (Wildman–Crippen LogP) is 2.40. The lowest BCUT2D eigenvalue weighted by atomic mass is 10.0. The molecule has 1 unspecified atom stereocenters. The highest BCUT2D eigenvalue weighted by Gasteiger charge is 2.25. The average molecular weight is 350 g/mol. The molecule has 1 fully saturated rings. The zero-order chi connectivity index (χ0) is 13.1. The smallest absolute Gasteiger partial charge is 0.257 e. The van der Waals surface area contributed by atoms with Gasteiger partial charge in [-0.1, -0.05) is 15.9 Å². The van der Waals surface area contributed by atoms with E-state index >= 15 is 0 Å². The van der Waals surface area contributed by atoms with Crippen molar-refractivity contribution < 1.29 is 9.90 Å². The van der Waals surface area contributed by atoms with E-state index in [-0.39, 0.29) is 24.1 Å². The SMILES string of the molecule is CNC1CCCN(C(=O)c2cc(Br)ccc2O)C1.Cl. The number of benzene rings is 1. The summed E-state index contributed by atoms with van der Waals surface area (Å²) in [7, 11) is 1.91. The number of phenols is 1. The molecule has 2 N–H and O–H groups in total. The first kappa shape index (κ1) is 16.3. The normalized spacial score (nSPS) is 18.8. The van der Waals surface area contributed by atoms with Crippen LogP contribution in [0.25, 0.3) is 0 Å². The van der Waals surface area contributed by atoms with E-state index < -0.39 is 0 Å². The van der Waals surface area contributed by atoms with Crippen molar-refractivity contribution in [2.75, 3.05) is 20.1 Å². The van der Waals surface area contributed by atoms with Crippen LogP contribution in [0.15, 0.2) is 22.7 Å². The third kappa shape index (κ3) is 3.84. The number of aromatic hydroxyl groups is 1. The van der Waals surface area contributed by atoms with Crippen molar-refractivity contribution in [3.63, 3.8) is 0 Å². The number of hydrogen-bond donors (Lipinski definition) is 2. The fourth-order valence-corrected chi connectivity index (χ4v) is 2.61. The topological polar surface area (TPSA) is 52.6 Å². The molecular formula is C13H18BrClN2O2. The molecule has 19 heavy (non-hydrogen) atoms.